The molecule has 1 aliphatic rings. The molecule has 1 fully saturated rings. The van der Waals surface area contributed by atoms with Crippen LogP contribution in [0.1, 0.15) is 13.3 Å². The first-order valence-corrected chi connectivity index (χ1v) is 5.18. The Morgan fingerprint density at radius 2 is 2.00 bits per heavy atom. The first-order chi connectivity index (χ1) is 5.92. The SMILES string of the molecule is CCC1([N+](=O)[O-])COP(=O)(O)OC1.[Na]. The van der Waals surface area contributed by atoms with Gasteiger partial charge in [-0.25, -0.2) is 4.57 Å². The summed E-state index contributed by atoms with van der Waals surface area (Å²) in [6, 6.07) is 0. The number of hydrogen-bond donors (Lipinski definition) is 1. The summed E-state index contributed by atoms with van der Waals surface area (Å²) in [6.07, 6.45) is 0.194. The van der Waals surface area contributed by atoms with Crippen LogP contribution in [-0.4, -0.2) is 58.1 Å². The maximum absolute atomic E-state index is 10.7. The number of nitro groups is 1. The second-order valence-corrected chi connectivity index (χ2v) is 4.30. The van der Waals surface area contributed by atoms with Gasteiger partial charge in [-0.2, -0.15) is 0 Å². The minimum atomic E-state index is -4.02. The Hall–Kier alpha value is 0.510. The van der Waals surface area contributed by atoms with Crippen molar-refractivity contribution < 1.29 is 23.4 Å². The smallest absolute Gasteiger partial charge is 0.302 e. The second kappa shape index (κ2) is 5.03. The van der Waals surface area contributed by atoms with Gasteiger partial charge in [0.25, 0.3) is 5.54 Å². The summed E-state index contributed by atoms with van der Waals surface area (Å²) < 4.78 is 19.5. The van der Waals surface area contributed by atoms with Crippen LogP contribution in [0.2, 0.25) is 0 Å². The number of nitrogens with zero attached hydrogens (tertiary/aromatic N) is 1. The van der Waals surface area contributed by atoms with Crippen LogP contribution in [0.15, 0.2) is 0 Å². The predicted octanol–water partition coefficient (Wildman–Crippen LogP) is 0.178. The summed E-state index contributed by atoms with van der Waals surface area (Å²) in [7, 11) is -4.02. The van der Waals surface area contributed by atoms with E-state index in [0.717, 1.165) is 0 Å². The zero-order chi connectivity index (χ0) is 10.1. The van der Waals surface area contributed by atoms with E-state index in [1.807, 2.05) is 0 Å². The normalized spacial score (nSPS) is 37.3. The van der Waals surface area contributed by atoms with E-state index in [4.69, 9.17) is 4.89 Å². The first-order valence-electron chi connectivity index (χ1n) is 3.68. The molecule has 9 heteroatoms. The molecule has 0 spiro atoms. The van der Waals surface area contributed by atoms with Crippen LogP contribution in [0, 0.1) is 10.1 Å². The molecule has 0 aromatic rings. The third-order valence-corrected chi connectivity index (χ3v) is 2.95. The Balaban J connectivity index is 0.00000169. The summed E-state index contributed by atoms with van der Waals surface area (Å²) in [5.74, 6) is 0. The molecule has 1 heterocycles. The maximum atomic E-state index is 10.7. The zero-order valence-corrected chi connectivity index (χ0v) is 10.9. The van der Waals surface area contributed by atoms with Crippen LogP contribution in [0.4, 0.5) is 0 Å². The Bertz CT molecular complexity index is 259. The van der Waals surface area contributed by atoms with E-state index in [9.17, 15) is 14.7 Å². The van der Waals surface area contributed by atoms with Crippen molar-refractivity contribution in [1.29, 1.82) is 0 Å². The van der Waals surface area contributed by atoms with E-state index >= 15 is 0 Å². The molecule has 0 aliphatic carbocycles. The van der Waals surface area contributed by atoms with E-state index in [2.05, 4.69) is 9.05 Å². The quantitative estimate of drug-likeness (QED) is 0.316. The predicted molar refractivity (Wildman–Crippen MR) is 47.5 cm³/mol. The van der Waals surface area contributed by atoms with Gasteiger partial charge in [0.05, 0.1) is 0 Å². The van der Waals surface area contributed by atoms with Crippen molar-refractivity contribution in [3.05, 3.63) is 10.1 Å². The average Bonchev–Trinajstić information content (AvgIpc) is 2.05. The number of rotatable bonds is 2. The van der Waals surface area contributed by atoms with E-state index in [1.54, 1.807) is 6.92 Å². The van der Waals surface area contributed by atoms with E-state index in [0.29, 0.717) is 0 Å². The maximum Gasteiger partial charge on any atom is 0.472 e. The number of phosphoric ester groups is 1. The zero-order valence-electron chi connectivity index (χ0n) is 8.00. The van der Waals surface area contributed by atoms with Crippen LogP contribution in [-0.2, 0) is 13.6 Å². The van der Waals surface area contributed by atoms with Gasteiger partial charge >= 0.3 is 7.82 Å². The minimum Gasteiger partial charge on any atom is -0.302 e. The molecular formula is C5H10NNaO6P. The first kappa shape index (κ1) is 14.5. The topological polar surface area (TPSA) is 98.9 Å². The fourth-order valence-corrected chi connectivity index (χ4v) is 1.80. The second-order valence-electron chi connectivity index (χ2n) is 2.85. The minimum absolute atomic E-state index is 0. The van der Waals surface area contributed by atoms with Crippen LogP contribution >= 0.6 is 7.82 Å². The monoisotopic (exact) mass is 234 g/mol. The largest absolute Gasteiger partial charge is 0.472 e. The molecule has 1 radical (unpaired) electrons. The third-order valence-electron chi connectivity index (χ3n) is 2.04. The van der Waals surface area contributed by atoms with Crippen molar-refractivity contribution in [2.24, 2.45) is 0 Å². The standard InChI is InChI=1S/C5H10NO6P.Na/c1-2-5(6(7)8)3-11-13(9,10)12-4-5;/h2-4H2,1H3,(H,9,10);. The molecular weight excluding hydrogens is 224 g/mol. The Morgan fingerprint density at radius 1 is 1.57 bits per heavy atom. The summed E-state index contributed by atoms with van der Waals surface area (Å²) in [5, 5.41) is 10.6. The molecule has 0 aromatic heterocycles. The van der Waals surface area contributed by atoms with Gasteiger partial charge in [0.15, 0.2) is 0 Å². The fourth-order valence-electron chi connectivity index (χ4n) is 0.921. The summed E-state index contributed by atoms with van der Waals surface area (Å²) in [4.78, 5) is 18.8. The van der Waals surface area contributed by atoms with Crippen molar-refractivity contribution in [2.45, 2.75) is 18.9 Å². The molecule has 14 heavy (non-hydrogen) atoms. The Labute approximate surface area is 103 Å². The van der Waals surface area contributed by atoms with Crippen LogP contribution in [0.5, 0.6) is 0 Å². The fraction of sp³-hybridized carbons (Fsp3) is 1.00. The van der Waals surface area contributed by atoms with Crippen molar-refractivity contribution >= 4 is 37.4 Å². The molecule has 1 aliphatic heterocycles. The molecule has 0 bridgehead atoms. The van der Waals surface area contributed by atoms with Gasteiger partial charge in [0.2, 0.25) is 0 Å². The molecule has 1 N–H and O–H groups in total. The summed E-state index contributed by atoms with van der Waals surface area (Å²) >= 11 is 0. The average molecular weight is 234 g/mol. The number of phosphoric acid groups is 1. The van der Waals surface area contributed by atoms with Crippen LogP contribution < -0.4 is 0 Å². The van der Waals surface area contributed by atoms with E-state index in [-0.39, 0.29) is 49.2 Å². The summed E-state index contributed by atoms with van der Waals surface area (Å²) in [6.45, 7) is 0.831. The van der Waals surface area contributed by atoms with Crippen molar-refractivity contribution in [1.82, 2.24) is 0 Å². The van der Waals surface area contributed by atoms with Gasteiger partial charge in [-0.1, -0.05) is 6.92 Å². The summed E-state index contributed by atoms with van der Waals surface area (Å²) in [5.41, 5.74) is -1.38. The van der Waals surface area contributed by atoms with Crippen LogP contribution in [0.3, 0.4) is 0 Å². The van der Waals surface area contributed by atoms with Gasteiger partial charge in [0, 0.05) is 40.9 Å². The van der Waals surface area contributed by atoms with Gasteiger partial charge < -0.3 is 4.89 Å². The van der Waals surface area contributed by atoms with Gasteiger partial charge in [0.1, 0.15) is 13.2 Å². The van der Waals surface area contributed by atoms with Gasteiger partial charge in [-0.15, -0.1) is 0 Å². The molecule has 7 nitrogen and oxygen atoms in total. The molecule has 1 saturated heterocycles. The Morgan fingerprint density at radius 3 is 2.29 bits per heavy atom. The van der Waals surface area contributed by atoms with E-state index < -0.39 is 18.3 Å². The molecule has 1 rings (SSSR count). The molecule has 0 saturated carbocycles. The number of hydrogen-bond acceptors (Lipinski definition) is 5. The molecule has 0 aromatic carbocycles. The van der Waals surface area contributed by atoms with Crippen molar-refractivity contribution in [3.63, 3.8) is 0 Å². The van der Waals surface area contributed by atoms with Gasteiger partial charge in [-0.3, -0.25) is 19.2 Å². The Kier molecular flexibility index (Phi) is 5.21. The van der Waals surface area contributed by atoms with Gasteiger partial charge in [-0.05, 0) is 0 Å². The van der Waals surface area contributed by atoms with E-state index in [1.165, 1.54) is 0 Å². The molecule has 0 unspecified atom stereocenters. The van der Waals surface area contributed by atoms with Crippen molar-refractivity contribution in [3.8, 4) is 0 Å². The molecule has 0 amide bonds. The molecule has 77 valence electrons. The third kappa shape index (κ3) is 3.00. The molecule has 0 atom stereocenters. The van der Waals surface area contributed by atoms with Crippen molar-refractivity contribution in [2.75, 3.05) is 13.2 Å². The van der Waals surface area contributed by atoms with Crippen LogP contribution in [0.25, 0.3) is 0 Å².